The fraction of sp³-hybridized carbons (Fsp3) is 0.474. The van der Waals surface area contributed by atoms with Crippen molar-refractivity contribution in [1.29, 1.82) is 0 Å². The first-order chi connectivity index (χ1) is 12.7. The molecule has 0 spiro atoms. The lowest BCUT2D eigenvalue weighted by Gasteiger charge is -2.40. The van der Waals surface area contributed by atoms with Gasteiger partial charge in [0.25, 0.3) is 5.91 Å². The van der Waals surface area contributed by atoms with Crippen LogP contribution in [0.5, 0.6) is 0 Å². The maximum atomic E-state index is 13.6. The summed E-state index contributed by atoms with van der Waals surface area (Å²) in [5, 5.41) is 6.88. The SMILES string of the molecule is O=C(c1cn[nH]c1-c1cccc(F)c1)N1CCC[C@H](N2CCOCC2)C1. The van der Waals surface area contributed by atoms with Gasteiger partial charge in [-0.15, -0.1) is 0 Å². The first-order valence-electron chi connectivity index (χ1n) is 9.13. The van der Waals surface area contributed by atoms with Gasteiger partial charge in [0, 0.05) is 37.8 Å². The van der Waals surface area contributed by atoms with Gasteiger partial charge in [0.1, 0.15) is 5.82 Å². The minimum Gasteiger partial charge on any atom is -0.379 e. The van der Waals surface area contributed by atoms with Crippen LogP contribution in [0.15, 0.2) is 30.5 Å². The molecule has 6 nitrogen and oxygen atoms in total. The van der Waals surface area contributed by atoms with Gasteiger partial charge in [0.2, 0.25) is 0 Å². The third-order valence-electron chi connectivity index (χ3n) is 5.23. The van der Waals surface area contributed by atoms with E-state index in [1.807, 2.05) is 4.90 Å². The number of hydrogen-bond donors (Lipinski definition) is 1. The normalized spacial score (nSPS) is 21.7. The molecule has 2 fully saturated rings. The third-order valence-corrected chi connectivity index (χ3v) is 5.23. The molecule has 0 saturated carbocycles. The van der Waals surface area contributed by atoms with Crippen LogP contribution in [0.2, 0.25) is 0 Å². The number of ether oxygens (including phenoxy) is 1. The van der Waals surface area contributed by atoms with Crippen molar-refractivity contribution in [2.24, 2.45) is 0 Å². The van der Waals surface area contributed by atoms with Crippen LogP contribution in [0.25, 0.3) is 11.3 Å². The van der Waals surface area contributed by atoms with Gasteiger partial charge in [0.05, 0.1) is 30.7 Å². The van der Waals surface area contributed by atoms with E-state index in [0.717, 1.165) is 45.7 Å². The molecule has 1 aromatic carbocycles. The summed E-state index contributed by atoms with van der Waals surface area (Å²) in [5.41, 5.74) is 1.70. The topological polar surface area (TPSA) is 61.5 Å². The number of rotatable bonds is 3. The van der Waals surface area contributed by atoms with Gasteiger partial charge in [-0.25, -0.2) is 4.39 Å². The number of carbonyl (C=O) groups excluding carboxylic acids is 1. The van der Waals surface area contributed by atoms with Crippen molar-refractivity contribution in [2.75, 3.05) is 39.4 Å². The van der Waals surface area contributed by atoms with E-state index in [1.165, 1.54) is 12.1 Å². The van der Waals surface area contributed by atoms with E-state index < -0.39 is 0 Å². The van der Waals surface area contributed by atoms with Crippen molar-refractivity contribution in [3.63, 3.8) is 0 Å². The summed E-state index contributed by atoms with van der Waals surface area (Å²) < 4.78 is 19.0. The Morgan fingerprint density at radius 3 is 2.92 bits per heavy atom. The second-order valence-corrected chi connectivity index (χ2v) is 6.86. The molecule has 1 N–H and O–H groups in total. The minimum absolute atomic E-state index is 0.0454. The smallest absolute Gasteiger partial charge is 0.257 e. The highest BCUT2D eigenvalue weighted by Gasteiger charge is 2.30. The summed E-state index contributed by atoms with van der Waals surface area (Å²) in [6.07, 6.45) is 3.63. The van der Waals surface area contributed by atoms with Crippen LogP contribution in [0.1, 0.15) is 23.2 Å². The first-order valence-corrected chi connectivity index (χ1v) is 9.13. The third kappa shape index (κ3) is 3.50. The Hall–Kier alpha value is -2.25. The quantitative estimate of drug-likeness (QED) is 0.913. The van der Waals surface area contributed by atoms with Crippen LogP contribution in [0, 0.1) is 5.82 Å². The van der Waals surface area contributed by atoms with E-state index >= 15 is 0 Å². The fourth-order valence-corrected chi connectivity index (χ4v) is 3.86. The highest BCUT2D eigenvalue weighted by molar-refractivity contribution is 5.99. The van der Waals surface area contributed by atoms with Crippen molar-refractivity contribution in [2.45, 2.75) is 18.9 Å². The van der Waals surface area contributed by atoms with Crippen LogP contribution >= 0.6 is 0 Å². The number of hydrogen-bond acceptors (Lipinski definition) is 4. The second-order valence-electron chi connectivity index (χ2n) is 6.86. The van der Waals surface area contributed by atoms with E-state index in [1.54, 1.807) is 18.3 Å². The van der Waals surface area contributed by atoms with Crippen LogP contribution in [0.3, 0.4) is 0 Å². The predicted molar refractivity (Wildman–Crippen MR) is 95.3 cm³/mol. The van der Waals surface area contributed by atoms with Crippen LogP contribution in [0.4, 0.5) is 4.39 Å². The Balaban J connectivity index is 1.52. The van der Waals surface area contributed by atoms with Gasteiger partial charge < -0.3 is 9.64 Å². The molecule has 0 aliphatic carbocycles. The molecular weight excluding hydrogens is 335 g/mol. The van der Waals surface area contributed by atoms with Gasteiger partial charge in [-0.3, -0.25) is 14.8 Å². The molecule has 0 bridgehead atoms. The molecule has 2 aliphatic heterocycles. The van der Waals surface area contributed by atoms with Crippen molar-refractivity contribution < 1.29 is 13.9 Å². The van der Waals surface area contributed by atoms with Crippen molar-refractivity contribution in [3.05, 3.63) is 41.8 Å². The zero-order valence-corrected chi connectivity index (χ0v) is 14.7. The lowest BCUT2D eigenvalue weighted by atomic mass is 10.0. The average molecular weight is 358 g/mol. The van der Waals surface area contributed by atoms with Gasteiger partial charge in [-0.2, -0.15) is 5.10 Å². The standard InChI is InChI=1S/C19H23FN4O2/c20-15-4-1-3-14(11-15)18-17(12-21-22-18)19(25)24-6-2-5-16(13-24)23-7-9-26-10-8-23/h1,3-4,11-12,16H,2,5-10,13H2,(H,21,22)/t16-/m0/s1. The molecule has 1 amide bonds. The molecule has 2 aliphatic rings. The number of morpholine rings is 1. The number of benzene rings is 1. The number of aromatic nitrogens is 2. The van der Waals surface area contributed by atoms with Gasteiger partial charge in [-0.1, -0.05) is 12.1 Å². The number of halogens is 1. The molecule has 26 heavy (non-hydrogen) atoms. The predicted octanol–water partition coefficient (Wildman–Crippen LogP) is 2.15. The summed E-state index contributed by atoms with van der Waals surface area (Å²) >= 11 is 0. The Morgan fingerprint density at radius 2 is 2.12 bits per heavy atom. The van der Waals surface area contributed by atoms with E-state index in [4.69, 9.17) is 4.74 Å². The molecule has 7 heteroatoms. The Morgan fingerprint density at radius 1 is 1.27 bits per heavy atom. The molecule has 2 aromatic rings. The van der Waals surface area contributed by atoms with E-state index in [-0.39, 0.29) is 11.7 Å². The van der Waals surface area contributed by atoms with E-state index in [2.05, 4.69) is 15.1 Å². The molecule has 1 atom stereocenters. The summed E-state index contributed by atoms with van der Waals surface area (Å²) in [5.74, 6) is -0.378. The largest absolute Gasteiger partial charge is 0.379 e. The summed E-state index contributed by atoms with van der Waals surface area (Å²) in [6.45, 7) is 4.83. The van der Waals surface area contributed by atoms with Crippen molar-refractivity contribution >= 4 is 5.91 Å². The number of aromatic amines is 1. The number of H-pyrrole nitrogens is 1. The van der Waals surface area contributed by atoms with Gasteiger partial charge >= 0.3 is 0 Å². The van der Waals surface area contributed by atoms with Crippen molar-refractivity contribution in [3.8, 4) is 11.3 Å². The molecule has 4 rings (SSSR count). The van der Waals surface area contributed by atoms with Crippen LogP contribution in [-0.2, 0) is 4.74 Å². The number of piperidine rings is 1. The Kier molecular flexibility index (Phi) is 4.99. The zero-order valence-electron chi connectivity index (χ0n) is 14.7. The lowest BCUT2D eigenvalue weighted by Crippen LogP contribution is -2.52. The second kappa shape index (κ2) is 7.55. The molecule has 138 valence electrons. The molecular formula is C19H23FN4O2. The van der Waals surface area contributed by atoms with E-state index in [9.17, 15) is 9.18 Å². The average Bonchev–Trinajstić information content (AvgIpc) is 3.18. The number of amides is 1. The van der Waals surface area contributed by atoms with E-state index in [0.29, 0.717) is 29.4 Å². The number of carbonyl (C=O) groups is 1. The monoisotopic (exact) mass is 358 g/mol. The number of nitrogens with zero attached hydrogens (tertiary/aromatic N) is 3. The highest BCUT2D eigenvalue weighted by atomic mass is 19.1. The first kappa shape index (κ1) is 17.2. The van der Waals surface area contributed by atoms with Crippen molar-refractivity contribution in [1.82, 2.24) is 20.0 Å². The molecule has 2 saturated heterocycles. The fourth-order valence-electron chi connectivity index (χ4n) is 3.86. The molecule has 0 radical (unpaired) electrons. The van der Waals surface area contributed by atoms with Crippen LogP contribution < -0.4 is 0 Å². The number of nitrogens with one attached hydrogen (secondary N) is 1. The van der Waals surface area contributed by atoms with Gasteiger partial charge in [-0.05, 0) is 25.0 Å². The molecule has 0 unspecified atom stereocenters. The maximum Gasteiger partial charge on any atom is 0.257 e. The lowest BCUT2D eigenvalue weighted by molar-refractivity contribution is -0.00119. The summed E-state index contributed by atoms with van der Waals surface area (Å²) in [6, 6.07) is 6.59. The Labute approximate surface area is 151 Å². The summed E-state index contributed by atoms with van der Waals surface area (Å²) in [4.78, 5) is 17.4. The maximum absolute atomic E-state index is 13.6. The van der Waals surface area contributed by atoms with Gasteiger partial charge in [0.15, 0.2) is 0 Å². The highest BCUT2D eigenvalue weighted by Crippen LogP contribution is 2.25. The summed E-state index contributed by atoms with van der Waals surface area (Å²) in [7, 11) is 0. The zero-order chi connectivity index (χ0) is 17.9. The van der Waals surface area contributed by atoms with Crippen LogP contribution in [-0.4, -0.2) is 71.3 Å². The molecule has 1 aromatic heterocycles. The number of likely N-dealkylation sites (tertiary alicyclic amines) is 1. The molecule has 3 heterocycles. The minimum atomic E-state index is -0.333. The Bertz CT molecular complexity index is 772.